The van der Waals surface area contributed by atoms with Gasteiger partial charge in [0.1, 0.15) is 0 Å². The van der Waals surface area contributed by atoms with Crippen molar-refractivity contribution in [1.29, 1.82) is 0 Å². The van der Waals surface area contributed by atoms with Crippen LogP contribution in [0.15, 0.2) is 24.3 Å². The summed E-state index contributed by atoms with van der Waals surface area (Å²) in [5.41, 5.74) is 0.102. The van der Waals surface area contributed by atoms with E-state index in [1.54, 1.807) is 0 Å². The molecule has 0 fully saturated rings. The second kappa shape index (κ2) is 6.98. The second-order valence-electron chi connectivity index (χ2n) is 4.08. The number of halogens is 3. The highest BCUT2D eigenvalue weighted by molar-refractivity contribution is 5.88. The third-order valence-corrected chi connectivity index (χ3v) is 2.55. The van der Waals surface area contributed by atoms with Gasteiger partial charge in [-0.25, -0.2) is 4.79 Å². The lowest BCUT2D eigenvalue weighted by Crippen LogP contribution is -2.08. The highest BCUT2D eigenvalue weighted by atomic mass is 19.4. The largest absolute Gasteiger partial charge is 0.466 e. The molecule has 0 aliphatic heterocycles. The minimum absolute atomic E-state index is 0.335. The Morgan fingerprint density at radius 1 is 1.40 bits per heavy atom. The molecule has 1 rings (SSSR count). The van der Waals surface area contributed by atoms with Crippen LogP contribution in [0.4, 0.5) is 18.9 Å². The summed E-state index contributed by atoms with van der Waals surface area (Å²) < 4.78 is 42.5. The van der Waals surface area contributed by atoms with Crippen LogP contribution >= 0.6 is 0 Å². The van der Waals surface area contributed by atoms with E-state index in [1.807, 2.05) is 6.92 Å². The fourth-order valence-electron chi connectivity index (χ4n) is 1.52. The van der Waals surface area contributed by atoms with Gasteiger partial charge in [-0.1, -0.05) is 13.0 Å². The monoisotopic (exact) mass is 287 g/mol. The van der Waals surface area contributed by atoms with Gasteiger partial charge >= 0.3 is 12.1 Å². The van der Waals surface area contributed by atoms with Crippen LogP contribution in [0.3, 0.4) is 0 Å². The summed E-state index contributed by atoms with van der Waals surface area (Å²) in [6.07, 6.45) is -1.03. The maximum Gasteiger partial charge on any atom is 0.416 e. The first-order valence-electron chi connectivity index (χ1n) is 6.09. The Morgan fingerprint density at radius 3 is 2.65 bits per heavy atom. The van der Waals surface area contributed by atoms with Crippen LogP contribution in [0.1, 0.15) is 24.5 Å². The van der Waals surface area contributed by atoms with Crippen molar-refractivity contribution in [3.63, 3.8) is 0 Å². The molecule has 0 saturated carbocycles. The Balaban J connectivity index is 3.09. The van der Waals surface area contributed by atoms with Crippen LogP contribution in [-0.2, 0) is 15.7 Å². The minimum Gasteiger partial charge on any atom is -0.466 e. The molecule has 110 valence electrons. The molecule has 0 unspecified atom stereocenters. The number of rotatable bonds is 5. The lowest BCUT2D eigenvalue weighted by atomic mass is 10.1. The van der Waals surface area contributed by atoms with Gasteiger partial charge in [0.2, 0.25) is 0 Å². The van der Waals surface area contributed by atoms with Gasteiger partial charge in [-0.15, -0.1) is 0 Å². The molecule has 1 aromatic carbocycles. The van der Waals surface area contributed by atoms with Crippen molar-refractivity contribution in [1.82, 2.24) is 0 Å². The van der Waals surface area contributed by atoms with Crippen molar-refractivity contribution < 1.29 is 22.7 Å². The lowest BCUT2D eigenvalue weighted by Gasteiger charge is -2.13. The van der Waals surface area contributed by atoms with Gasteiger partial charge in [-0.05, 0) is 30.2 Å². The molecule has 0 atom stereocenters. The zero-order chi connectivity index (χ0) is 15.2. The molecular formula is C14H16F3NO2. The van der Waals surface area contributed by atoms with Gasteiger partial charge in [0.05, 0.1) is 12.7 Å². The first-order valence-corrected chi connectivity index (χ1v) is 6.09. The Bertz CT molecular complexity index is 496. The molecule has 0 saturated heterocycles. The number of carbonyl (C=O) groups is 1. The van der Waals surface area contributed by atoms with Crippen LogP contribution in [-0.4, -0.2) is 19.6 Å². The molecule has 6 heteroatoms. The normalized spacial score (nSPS) is 11.7. The van der Waals surface area contributed by atoms with Crippen molar-refractivity contribution in [2.24, 2.45) is 0 Å². The standard InChI is InChI=1S/C14H16F3NO2/c1-3-8-18-12-9-11(14(15,16)17)6-4-10(12)5-7-13(19)20-2/h4-7,9,18H,3,8H2,1-2H3/b7-5+. The average Bonchev–Trinajstić information content (AvgIpc) is 2.41. The summed E-state index contributed by atoms with van der Waals surface area (Å²) in [6, 6.07) is 3.33. The molecule has 0 aliphatic rings. The molecular weight excluding hydrogens is 271 g/mol. The van der Waals surface area contributed by atoms with Crippen molar-refractivity contribution in [3.05, 3.63) is 35.4 Å². The first kappa shape index (κ1) is 16.1. The first-order chi connectivity index (χ1) is 9.38. The number of anilines is 1. The Labute approximate surface area is 115 Å². The predicted molar refractivity (Wildman–Crippen MR) is 71.3 cm³/mol. The predicted octanol–water partition coefficient (Wildman–Crippen LogP) is 3.71. The maximum absolute atomic E-state index is 12.7. The van der Waals surface area contributed by atoms with Crippen LogP contribution < -0.4 is 5.32 Å². The zero-order valence-corrected chi connectivity index (χ0v) is 11.3. The number of nitrogens with one attached hydrogen (secondary N) is 1. The van der Waals surface area contributed by atoms with Crippen molar-refractivity contribution in [2.75, 3.05) is 19.0 Å². The quantitative estimate of drug-likeness (QED) is 0.662. The fourth-order valence-corrected chi connectivity index (χ4v) is 1.52. The minimum atomic E-state index is -4.40. The summed E-state index contributed by atoms with van der Waals surface area (Å²) in [5.74, 6) is -0.564. The summed E-state index contributed by atoms with van der Waals surface area (Å²) in [5, 5.41) is 2.91. The molecule has 0 aliphatic carbocycles. The molecule has 3 nitrogen and oxygen atoms in total. The van der Waals surface area contributed by atoms with E-state index in [0.29, 0.717) is 17.8 Å². The lowest BCUT2D eigenvalue weighted by molar-refractivity contribution is -0.137. The molecule has 1 N–H and O–H groups in total. The summed E-state index contributed by atoms with van der Waals surface area (Å²) in [7, 11) is 1.23. The number of benzene rings is 1. The summed E-state index contributed by atoms with van der Waals surface area (Å²) in [6.45, 7) is 2.45. The number of methoxy groups -OCH3 is 1. The van der Waals surface area contributed by atoms with E-state index in [4.69, 9.17) is 0 Å². The number of ether oxygens (including phenoxy) is 1. The second-order valence-corrected chi connectivity index (χ2v) is 4.08. The number of esters is 1. The van der Waals surface area contributed by atoms with Crippen molar-refractivity contribution >= 4 is 17.7 Å². The molecule has 0 bridgehead atoms. The molecule has 0 amide bonds. The van der Waals surface area contributed by atoms with Gasteiger partial charge < -0.3 is 10.1 Å². The van der Waals surface area contributed by atoms with E-state index in [0.717, 1.165) is 18.6 Å². The summed E-state index contributed by atoms with van der Waals surface area (Å²) in [4.78, 5) is 11.0. The number of alkyl halides is 3. The highest BCUT2D eigenvalue weighted by Crippen LogP contribution is 2.32. The maximum atomic E-state index is 12.7. The van der Waals surface area contributed by atoms with Crippen LogP contribution in [0, 0.1) is 0 Å². The van der Waals surface area contributed by atoms with E-state index in [-0.39, 0.29) is 0 Å². The SMILES string of the molecule is CCCNc1cc(C(F)(F)F)ccc1/C=C/C(=O)OC. The van der Waals surface area contributed by atoms with E-state index in [1.165, 1.54) is 25.3 Å². The molecule has 0 aromatic heterocycles. The highest BCUT2D eigenvalue weighted by Gasteiger charge is 2.30. The molecule has 0 heterocycles. The Morgan fingerprint density at radius 2 is 2.10 bits per heavy atom. The summed E-state index contributed by atoms with van der Waals surface area (Å²) >= 11 is 0. The topological polar surface area (TPSA) is 38.3 Å². The van der Waals surface area contributed by atoms with E-state index in [9.17, 15) is 18.0 Å². The van der Waals surface area contributed by atoms with Gasteiger partial charge in [-0.3, -0.25) is 0 Å². The number of hydrogen-bond donors (Lipinski definition) is 1. The van der Waals surface area contributed by atoms with Crippen LogP contribution in [0.2, 0.25) is 0 Å². The number of hydrogen-bond acceptors (Lipinski definition) is 3. The fraction of sp³-hybridized carbons (Fsp3) is 0.357. The van der Waals surface area contributed by atoms with Gasteiger partial charge in [0.25, 0.3) is 0 Å². The molecule has 20 heavy (non-hydrogen) atoms. The average molecular weight is 287 g/mol. The molecule has 0 radical (unpaired) electrons. The zero-order valence-electron chi connectivity index (χ0n) is 11.3. The van der Waals surface area contributed by atoms with Crippen LogP contribution in [0.25, 0.3) is 6.08 Å². The van der Waals surface area contributed by atoms with Crippen molar-refractivity contribution in [2.45, 2.75) is 19.5 Å². The Hall–Kier alpha value is -1.98. The molecule has 0 spiro atoms. The van der Waals surface area contributed by atoms with Gasteiger partial charge in [-0.2, -0.15) is 13.2 Å². The Kier molecular flexibility index (Phi) is 5.61. The molecule has 1 aromatic rings. The van der Waals surface area contributed by atoms with Gasteiger partial charge in [0, 0.05) is 18.3 Å². The van der Waals surface area contributed by atoms with E-state index in [2.05, 4.69) is 10.1 Å². The van der Waals surface area contributed by atoms with Crippen molar-refractivity contribution in [3.8, 4) is 0 Å². The van der Waals surface area contributed by atoms with Crippen LogP contribution in [0.5, 0.6) is 0 Å². The van der Waals surface area contributed by atoms with Gasteiger partial charge in [0.15, 0.2) is 0 Å². The third kappa shape index (κ3) is 4.60. The number of carbonyl (C=O) groups excluding carboxylic acids is 1. The third-order valence-electron chi connectivity index (χ3n) is 2.55. The van der Waals surface area contributed by atoms with E-state index < -0.39 is 17.7 Å². The smallest absolute Gasteiger partial charge is 0.416 e. The van der Waals surface area contributed by atoms with E-state index >= 15 is 0 Å².